The average molecular weight is 367 g/mol. The summed E-state index contributed by atoms with van der Waals surface area (Å²) in [6, 6.07) is 8.61. The molecule has 1 aromatic heterocycles. The molecule has 6 nitrogen and oxygen atoms in total. The number of aromatic carboxylic acids is 1. The maximum Gasteiger partial charge on any atom is 0.335 e. The number of carbonyl (C=O) groups is 2. The summed E-state index contributed by atoms with van der Waals surface area (Å²) in [6.07, 6.45) is 0.833. The van der Waals surface area contributed by atoms with Crippen molar-refractivity contribution in [2.75, 3.05) is 13.1 Å². The molecule has 1 aliphatic rings. The Balaban J connectivity index is 1.88. The van der Waals surface area contributed by atoms with Gasteiger partial charge in [-0.05, 0) is 31.5 Å². The first-order valence-electron chi connectivity index (χ1n) is 9.14. The quantitative estimate of drug-likeness (QED) is 0.897. The fourth-order valence-corrected chi connectivity index (χ4v) is 3.36. The topological polar surface area (TPSA) is 83.4 Å². The predicted octanol–water partition coefficient (Wildman–Crippen LogP) is 3.51. The highest BCUT2D eigenvalue weighted by Crippen LogP contribution is 2.30. The Hall–Kier alpha value is -2.76. The summed E-state index contributed by atoms with van der Waals surface area (Å²) in [5, 5.41) is 9.21. The van der Waals surface area contributed by atoms with Crippen LogP contribution < -0.4 is 0 Å². The van der Waals surface area contributed by atoms with Crippen molar-refractivity contribution in [1.29, 1.82) is 0 Å². The number of carboxylic acids is 1. The van der Waals surface area contributed by atoms with Crippen LogP contribution in [0.2, 0.25) is 0 Å². The van der Waals surface area contributed by atoms with Crippen LogP contribution in [-0.4, -0.2) is 44.9 Å². The van der Waals surface area contributed by atoms with Gasteiger partial charge in [0.15, 0.2) is 0 Å². The highest BCUT2D eigenvalue weighted by Gasteiger charge is 2.34. The van der Waals surface area contributed by atoms with Gasteiger partial charge >= 0.3 is 5.97 Å². The van der Waals surface area contributed by atoms with Gasteiger partial charge in [-0.15, -0.1) is 0 Å². The summed E-state index contributed by atoms with van der Waals surface area (Å²) in [6.45, 7) is 9.02. The van der Waals surface area contributed by atoms with E-state index in [0.29, 0.717) is 18.8 Å². The molecule has 0 radical (unpaired) electrons. The van der Waals surface area contributed by atoms with Crippen LogP contribution in [0.25, 0.3) is 11.3 Å². The third kappa shape index (κ3) is 4.15. The van der Waals surface area contributed by atoms with Crippen LogP contribution in [0.1, 0.15) is 55.0 Å². The second kappa shape index (κ2) is 7.10. The molecule has 2 heterocycles. The monoisotopic (exact) mass is 367 g/mol. The van der Waals surface area contributed by atoms with E-state index in [-0.39, 0.29) is 17.4 Å². The highest BCUT2D eigenvalue weighted by atomic mass is 16.4. The minimum absolute atomic E-state index is 0.0950. The predicted molar refractivity (Wildman–Crippen MR) is 103 cm³/mol. The first kappa shape index (κ1) is 19.0. The molecule has 1 amide bonds. The van der Waals surface area contributed by atoms with Crippen molar-refractivity contribution < 1.29 is 14.7 Å². The summed E-state index contributed by atoms with van der Waals surface area (Å²) in [7, 11) is 0. The summed E-state index contributed by atoms with van der Waals surface area (Å²) < 4.78 is 0. The molecule has 1 saturated heterocycles. The summed E-state index contributed by atoms with van der Waals surface area (Å²) in [5.74, 6) is -0.00504. The zero-order chi connectivity index (χ0) is 19.8. The van der Waals surface area contributed by atoms with Crippen LogP contribution in [-0.2, 0) is 4.79 Å². The third-order valence-corrected chi connectivity index (χ3v) is 4.76. The zero-order valence-corrected chi connectivity index (χ0v) is 16.2. The molecule has 27 heavy (non-hydrogen) atoms. The number of benzene rings is 1. The van der Waals surface area contributed by atoms with Gasteiger partial charge in [-0.1, -0.05) is 32.9 Å². The van der Waals surface area contributed by atoms with E-state index in [1.54, 1.807) is 18.2 Å². The number of aryl methyl sites for hydroxylation is 1. The summed E-state index contributed by atoms with van der Waals surface area (Å²) in [4.78, 5) is 34.9. The Bertz CT molecular complexity index is 886. The van der Waals surface area contributed by atoms with Crippen LogP contribution in [0.3, 0.4) is 0 Å². The molecule has 6 heteroatoms. The SMILES string of the molecule is Cc1cc(-c2cccc(C(=O)O)c2)nc(C2CCN(C(=O)C(C)(C)C)C2)n1. The van der Waals surface area contributed by atoms with E-state index in [0.717, 1.165) is 23.5 Å². The van der Waals surface area contributed by atoms with Crippen LogP contribution in [0, 0.1) is 12.3 Å². The number of aromatic nitrogens is 2. The number of carboxylic acid groups (broad SMARTS) is 1. The van der Waals surface area contributed by atoms with Gasteiger partial charge in [0.1, 0.15) is 5.82 Å². The second-order valence-corrected chi connectivity index (χ2v) is 8.13. The van der Waals surface area contributed by atoms with Crippen molar-refractivity contribution in [3.8, 4) is 11.3 Å². The molecule has 1 fully saturated rings. The van der Waals surface area contributed by atoms with E-state index in [1.165, 1.54) is 0 Å². The van der Waals surface area contributed by atoms with Gasteiger partial charge in [0, 0.05) is 35.7 Å². The Labute approximate surface area is 159 Å². The molecule has 0 saturated carbocycles. The molecule has 0 bridgehead atoms. The normalized spacial score (nSPS) is 17.2. The van der Waals surface area contributed by atoms with Crippen molar-refractivity contribution >= 4 is 11.9 Å². The van der Waals surface area contributed by atoms with E-state index in [9.17, 15) is 14.7 Å². The van der Waals surface area contributed by atoms with E-state index >= 15 is 0 Å². The van der Waals surface area contributed by atoms with Crippen molar-refractivity contribution in [3.63, 3.8) is 0 Å². The van der Waals surface area contributed by atoms with Crippen molar-refractivity contribution in [1.82, 2.24) is 14.9 Å². The fraction of sp³-hybridized carbons (Fsp3) is 0.429. The lowest BCUT2D eigenvalue weighted by Gasteiger charge is -2.25. The second-order valence-electron chi connectivity index (χ2n) is 8.13. The lowest BCUT2D eigenvalue weighted by atomic mass is 9.95. The van der Waals surface area contributed by atoms with Crippen molar-refractivity contribution in [2.24, 2.45) is 5.41 Å². The molecule has 1 aliphatic heterocycles. The average Bonchev–Trinajstić information content (AvgIpc) is 3.09. The van der Waals surface area contributed by atoms with Crippen molar-refractivity contribution in [3.05, 3.63) is 47.4 Å². The Kier molecular flexibility index (Phi) is 5.00. The Morgan fingerprint density at radius 2 is 1.93 bits per heavy atom. The van der Waals surface area contributed by atoms with Gasteiger partial charge in [-0.25, -0.2) is 14.8 Å². The van der Waals surface area contributed by atoms with Crippen LogP contribution in [0.5, 0.6) is 0 Å². The first-order chi connectivity index (χ1) is 12.6. The van der Waals surface area contributed by atoms with Gasteiger partial charge in [0.2, 0.25) is 5.91 Å². The number of amides is 1. The lowest BCUT2D eigenvalue weighted by molar-refractivity contribution is -0.138. The van der Waals surface area contributed by atoms with E-state index in [1.807, 2.05) is 44.7 Å². The largest absolute Gasteiger partial charge is 0.478 e. The number of rotatable bonds is 3. The molecule has 1 N–H and O–H groups in total. The first-order valence-corrected chi connectivity index (χ1v) is 9.14. The minimum atomic E-state index is -0.963. The van der Waals surface area contributed by atoms with Gasteiger partial charge in [-0.2, -0.15) is 0 Å². The van der Waals surface area contributed by atoms with Gasteiger partial charge in [-0.3, -0.25) is 4.79 Å². The van der Waals surface area contributed by atoms with E-state index < -0.39 is 11.4 Å². The van der Waals surface area contributed by atoms with Crippen LogP contribution >= 0.6 is 0 Å². The molecular weight excluding hydrogens is 342 g/mol. The summed E-state index contributed by atoms with van der Waals surface area (Å²) in [5.41, 5.74) is 2.12. The van der Waals surface area contributed by atoms with Crippen LogP contribution in [0.4, 0.5) is 0 Å². The molecule has 1 unspecified atom stereocenters. The van der Waals surface area contributed by atoms with Crippen molar-refractivity contribution in [2.45, 2.75) is 40.0 Å². The number of nitrogens with zero attached hydrogens (tertiary/aromatic N) is 3. The van der Waals surface area contributed by atoms with Gasteiger partial charge < -0.3 is 10.0 Å². The molecular formula is C21H25N3O3. The molecule has 0 spiro atoms. The number of hydrogen-bond acceptors (Lipinski definition) is 4. The number of likely N-dealkylation sites (tertiary alicyclic amines) is 1. The van der Waals surface area contributed by atoms with Crippen LogP contribution in [0.15, 0.2) is 30.3 Å². The highest BCUT2D eigenvalue weighted by molar-refractivity contribution is 5.89. The Morgan fingerprint density at radius 1 is 1.19 bits per heavy atom. The molecule has 1 atom stereocenters. The maximum atomic E-state index is 12.5. The number of hydrogen-bond donors (Lipinski definition) is 1. The molecule has 1 aromatic carbocycles. The number of carbonyl (C=O) groups excluding carboxylic acids is 1. The smallest absolute Gasteiger partial charge is 0.335 e. The van der Waals surface area contributed by atoms with Gasteiger partial charge in [0.25, 0.3) is 0 Å². The minimum Gasteiger partial charge on any atom is -0.478 e. The zero-order valence-electron chi connectivity index (χ0n) is 16.2. The Morgan fingerprint density at radius 3 is 2.59 bits per heavy atom. The molecule has 0 aliphatic carbocycles. The summed E-state index contributed by atoms with van der Waals surface area (Å²) >= 11 is 0. The van der Waals surface area contributed by atoms with E-state index in [2.05, 4.69) is 4.98 Å². The lowest BCUT2D eigenvalue weighted by Crippen LogP contribution is -2.37. The standard InChI is InChI=1S/C21H25N3O3/c1-13-10-17(14-6-5-7-15(11-14)19(25)26)23-18(22-13)16-8-9-24(12-16)20(27)21(2,3)4/h5-7,10-11,16H,8-9,12H2,1-4H3,(H,25,26). The van der Waals surface area contributed by atoms with Gasteiger partial charge in [0.05, 0.1) is 11.3 Å². The molecule has 3 rings (SSSR count). The van der Waals surface area contributed by atoms with E-state index in [4.69, 9.17) is 4.98 Å². The fourth-order valence-electron chi connectivity index (χ4n) is 3.36. The molecule has 142 valence electrons. The third-order valence-electron chi connectivity index (χ3n) is 4.76. The maximum absolute atomic E-state index is 12.5. The molecule has 2 aromatic rings.